The Morgan fingerprint density at radius 3 is 1.83 bits per heavy atom. The number of pyridine rings is 1. The molecule has 0 atom stereocenters. The molecule has 0 N–H and O–H groups in total. The third-order valence-electron chi connectivity index (χ3n) is 16.6. The molecule has 13 aromatic rings. The van der Waals surface area contributed by atoms with E-state index in [2.05, 4.69) is 143 Å². The van der Waals surface area contributed by atoms with Gasteiger partial charge in [0.1, 0.15) is 0 Å². The molecule has 0 spiro atoms. The SMILES string of the molecule is [2H]c1c([2H])c([2H])c2c(c1[2H])n(-c1cccc(Oc3nc(N4B(c5ccccc5)n5c6ccccc6c6cccc4c65)cc(C([2H])([2H])[2H])c3-c3ccccc3)c1)[c](=[Pt])n2-c1c(-c2ccc(-c3ccccc3)cc2)cc(C([2H])([2H])C(C)C)cc1-c1cc(C(C)(C)C)cc(C(C)(C)C)c1. The minimum absolute atomic E-state index is 0.0322. The van der Waals surface area contributed by atoms with Gasteiger partial charge in [-0.1, -0.05) is 60.7 Å². The van der Waals surface area contributed by atoms with Crippen molar-refractivity contribution in [2.24, 2.45) is 5.92 Å². The number of hydrogen-bond donors (Lipinski definition) is 0. The average molecular weight is 1320 g/mol. The van der Waals surface area contributed by atoms with Crippen molar-refractivity contribution >= 4 is 56.8 Å². The summed E-state index contributed by atoms with van der Waals surface area (Å²) in [6, 6.07) is 70.3. The molecule has 6 nitrogen and oxygen atoms in total. The quantitative estimate of drug-likeness (QED) is 0.114. The molecule has 8 heteroatoms. The fraction of sp³-hybridized carbons (Fsp3) is 0.165. The van der Waals surface area contributed by atoms with E-state index in [4.69, 9.17) is 9.72 Å². The summed E-state index contributed by atoms with van der Waals surface area (Å²) in [6.07, 6.45) is -1.83. The van der Waals surface area contributed by atoms with Crippen molar-refractivity contribution in [3.8, 4) is 67.5 Å². The third-order valence-corrected chi connectivity index (χ3v) is 17.6. The van der Waals surface area contributed by atoms with Gasteiger partial charge in [-0.05, 0) is 6.07 Å². The van der Waals surface area contributed by atoms with Crippen LogP contribution in [0.15, 0.2) is 243 Å². The number of hydrogen-bond acceptors (Lipinski definition) is 3. The summed E-state index contributed by atoms with van der Waals surface area (Å²) in [5.41, 5.74) is 13.0. The minimum atomic E-state index is -2.67. The molecule has 3 aromatic heterocycles. The molecule has 0 aliphatic carbocycles. The number of fused-ring (bicyclic) bond motifs is 4. The van der Waals surface area contributed by atoms with Gasteiger partial charge in [-0.3, -0.25) is 0 Å². The Labute approximate surface area is 535 Å². The Balaban J connectivity index is 1.03. The van der Waals surface area contributed by atoms with E-state index in [1.165, 1.54) is 0 Å². The second kappa shape index (κ2) is 22.0. The standard InChI is InChI=1S/C79H70BN5O.Pt/c1-52(2)43-54-45-67(57-41-39-56(40-42-57)55-25-13-10-14-26-55)75(68(46-54)59-47-60(78(4,5)6)49-61(48-59)79(7,8)9)83-51-82(70-36-21-22-37-71(70)83)63-31-23-32-64(50-63)86-77-74(58-27-15-11-16-28-58)53(3)44-73(81-77)84-72-38-24-34-66-65-33-19-20-35-69(65)85(76(66)72)80(84)62-29-17-12-18-30-62;/h10-42,44-50,52H,43H2,1-9H3;/i3D3,21D,22D,36D,37D,43D2;. The molecule has 4 heterocycles. The van der Waals surface area contributed by atoms with Gasteiger partial charge < -0.3 is 0 Å². The molecule has 0 amide bonds. The summed E-state index contributed by atoms with van der Waals surface area (Å²) in [7, 11) is 0. The van der Waals surface area contributed by atoms with Gasteiger partial charge in [0.15, 0.2) is 0 Å². The topological polar surface area (TPSA) is 40.1 Å². The van der Waals surface area contributed by atoms with Crippen LogP contribution in [-0.4, -0.2) is 25.6 Å². The maximum absolute atomic E-state index is 10.1. The number of anilines is 2. The average Bonchev–Trinajstić information content (AvgIpc) is 1.54. The third kappa shape index (κ3) is 10.1. The van der Waals surface area contributed by atoms with Gasteiger partial charge in [0.05, 0.1) is 0 Å². The molecule has 0 bridgehead atoms. The van der Waals surface area contributed by atoms with Crippen molar-refractivity contribution in [1.82, 2.24) is 18.6 Å². The second-order valence-corrected chi connectivity index (χ2v) is 26.0. The van der Waals surface area contributed by atoms with Crippen LogP contribution in [0.25, 0.3) is 88.7 Å². The van der Waals surface area contributed by atoms with Crippen molar-refractivity contribution in [3.63, 3.8) is 0 Å². The Kier molecular flexibility index (Phi) is 11.7. The second-order valence-electron chi connectivity index (χ2n) is 25.0. The number of aromatic nitrogens is 4. The molecule has 1 aliphatic heterocycles. The zero-order valence-electron chi connectivity index (χ0n) is 58.9. The summed E-state index contributed by atoms with van der Waals surface area (Å²) in [4.78, 5) is 7.55. The van der Waals surface area contributed by atoms with Crippen molar-refractivity contribution in [3.05, 3.63) is 269 Å². The zero-order valence-corrected chi connectivity index (χ0v) is 52.2. The van der Waals surface area contributed by atoms with Gasteiger partial charge >= 0.3 is 455 Å². The molecular weight excluding hydrogens is 1240 g/mol. The van der Waals surface area contributed by atoms with Crippen LogP contribution in [0.3, 0.4) is 0 Å². The molecule has 0 fully saturated rings. The molecule has 14 rings (SSSR count). The van der Waals surface area contributed by atoms with Crippen molar-refractivity contribution in [2.75, 3.05) is 4.81 Å². The van der Waals surface area contributed by atoms with E-state index in [1.807, 2.05) is 150 Å². The van der Waals surface area contributed by atoms with Gasteiger partial charge in [0.25, 0.3) is 0 Å². The number of aryl methyl sites for hydroxylation is 1. The molecule has 0 saturated heterocycles. The first-order valence-electron chi connectivity index (χ1n) is 34.2. The Morgan fingerprint density at radius 2 is 1.16 bits per heavy atom. The first kappa shape index (κ1) is 46.2. The fourth-order valence-corrected chi connectivity index (χ4v) is 13.5. The van der Waals surface area contributed by atoms with Crippen molar-refractivity contribution < 1.29 is 36.4 Å². The first-order valence-corrected chi connectivity index (χ1v) is 30.8. The number of para-hydroxylation sites is 4. The first-order chi connectivity index (χ1) is 45.7. The van der Waals surface area contributed by atoms with Gasteiger partial charge in [-0.25, -0.2) is 0 Å². The summed E-state index contributed by atoms with van der Waals surface area (Å²) in [6.45, 7) is 13.7. The Hall–Kier alpha value is -9.03. The number of imidazole rings is 1. The van der Waals surface area contributed by atoms with Crippen LogP contribution in [0.4, 0.5) is 11.5 Å². The molecule has 1 aliphatic rings. The molecule has 0 unspecified atom stereocenters. The van der Waals surface area contributed by atoms with Crippen molar-refractivity contribution in [2.45, 2.75) is 79.4 Å². The van der Waals surface area contributed by atoms with Crippen LogP contribution in [0.2, 0.25) is 0 Å². The van der Waals surface area contributed by atoms with Gasteiger partial charge in [0.2, 0.25) is 0 Å². The number of rotatable bonds is 12. The predicted octanol–water partition coefficient (Wildman–Crippen LogP) is 20.0. The molecule has 430 valence electrons. The van der Waals surface area contributed by atoms with E-state index in [9.17, 15) is 12.3 Å². The van der Waals surface area contributed by atoms with Gasteiger partial charge in [-0.15, -0.1) is 0 Å². The molecule has 0 radical (unpaired) electrons. The fourth-order valence-electron chi connectivity index (χ4n) is 12.5. The van der Waals surface area contributed by atoms with E-state index >= 15 is 0 Å². The van der Waals surface area contributed by atoms with E-state index in [-0.39, 0.29) is 56.7 Å². The van der Waals surface area contributed by atoms with Crippen LogP contribution in [-0.2, 0) is 36.6 Å². The number of ether oxygens (including phenoxy) is 1. The Bertz CT molecular complexity index is 5270. The van der Waals surface area contributed by atoms with Crippen LogP contribution in [0.5, 0.6) is 11.6 Å². The summed E-state index contributed by atoms with van der Waals surface area (Å²) < 4.78 is 100. The number of benzene rings is 10. The molecule has 87 heavy (non-hydrogen) atoms. The molecular formula is C79H70BN5OPt. The normalized spacial score (nSPS) is 14.4. The van der Waals surface area contributed by atoms with E-state index in [0.717, 1.165) is 66.3 Å². The summed E-state index contributed by atoms with van der Waals surface area (Å²) in [5, 5.41) is 2.15. The summed E-state index contributed by atoms with van der Waals surface area (Å²) in [5.74, 6) is 0.210. The molecule has 0 saturated carbocycles. The van der Waals surface area contributed by atoms with Crippen LogP contribution < -0.4 is 15.0 Å². The monoisotopic (exact) mass is 1320 g/mol. The van der Waals surface area contributed by atoms with Gasteiger partial charge in [0, 0.05) is 16.3 Å². The summed E-state index contributed by atoms with van der Waals surface area (Å²) >= 11 is 2.23. The van der Waals surface area contributed by atoms with E-state index < -0.39 is 38.2 Å². The van der Waals surface area contributed by atoms with Crippen LogP contribution in [0, 0.1) is 16.6 Å². The Morgan fingerprint density at radius 1 is 0.575 bits per heavy atom. The van der Waals surface area contributed by atoms with Crippen molar-refractivity contribution in [1.29, 1.82) is 0 Å². The predicted molar refractivity (Wildman–Crippen MR) is 361 cm³/mol. The molecule has 10 aromatic carbocycles. The van der Waals surface area contributed by atoms with Crippen LogP contribution in [0.1, 0.15) is 90.0 Å². The number of nitrogens with zero attached hydrogens (tertiary/aromatic N) is 5. The van der Waals surface area contributed by atoms with E-state index in [0.29, 0.717) is 43.3 Å². The van der Waals surface area contributed by atoms with Crippen LogP contribution >= 0.6 is 0 Å². The van der Waals surface area contributed by atoms with Gasteiger partial charge in [-0.2, -0.15) is 0 Å². The van der Waals surface area contributed by atoms with E-state index in [1.54, 1.807) is 18.2 Å². The maximum atomic E-state index is 10.1. The zero-order chi connectivity index (χ0) is 67.7.